The molecule has 0 N–H and O–H groups in total. The van der Waals surface area contributed by atoms with Gasteiger partial charge in [-0.2, -0.15) is 0 Å². The van der Waals surface area contributed by atoms with Crippen LogP contribution in [0.1, 0.15) is 19.3 Å². The molecule has 4 rings (SSSR count). The first kappa shape index (κ1) is 13.2. The van der Waals surface area contributed by atoms with Gasteiger partial charge in [-0.15, -0.1) is 0 Å². The topological polar surface area (TPSA) is 0 Å². The Kier molecular flexibility index (Phi) is 3.44. The van der Waals surface area contributed by atoms with Gasteiger partial charge < -0.3 is 0 Å². The van der Waals surface area contributed by atoms with Crippen LogP contribution >= 0.6 is 0 Å². The van der Waals surface area contributed by atoms with Gasteiger partial charge in [-0.3, -0.25) is 0 Å². The first-order chi connectivity index (χ1) is 10.8. The molecule has 4 aliphatic rings. The van der Waals surface area contributed by atoms with Crippen molar-refractivity contribution in [2.45, 2.75) is 19.3 Å². The van der Waals surface area contributed by atoms with Crippen molar-refractivity contribution in [3.05, 3.63) is 113 Å². The summed E-state index contributed by atoms with van der Waals surface area (Å²) >= 11 is 0. The maximum atomic E-state index is 2.37. The molecule has 0 heterocycles. The van der Waals surface area contributed by atoms with E-state index in [1.165, 1.54) is 33.4 Å². The van der Waals surface area contributed by atoms with E-state index in [0.717, 1.165) is 19.3 Å². The molecule has 22 heavy (non-hydrogen) atoms. The molecule has 0 spiro atoms. The summed E-state index contributed by atoms with van der Waals surface area (Å²) in [5, 5.41) is 0. The molecule has 0 aromatic heterocycles. The zero-order chi connectivity index (χ0) is 14.8. The summed E-state index contributed by atoms with van der Waals surface area (Å²) in [7, 11) is 0. The third-order valence-corrected chi connectivity index (χ3v) is 4.28. The van der Waals surface area contributed by atoms with Crippen LogP contribution < -0.4 is 0 Å². The van der Waals surface area contributed by atoms with E-state index in [2.05, 4.69) is 79.3 Å². The van der Waals surface area contributed by atoms with Crippen molar-refractivity contribution in [3.63, 3.8) is 0 Å². The second-order valence-electron chi connectivity index (χ2n) is 6.19. The fraction of sp³-hybridized carbons (Fsp3) is 0.136. The molecule has 0 aliphatic heterocycles. The van der Waals surface area contributed by atoms with Crippen LogP contribution in [0.15, 0.2) is 106 Å². The average molecular weight is 283 g/mol. The van der Waals surface area contributed by atoms with Crippen LogP contribution in [0.2, 0.25) is 0 Å². The van der Waals surface area contributed by atoms with E-state index in [1.807, 2.05) is 0 Å². The monoisotopic (exact) mass is 283 g/mol. The lowest BCUT2D eigenvalue weighted by molar-refractivity contribution is 1.07. The Morgan fingerprint density at radius 2 is 1.18 bits per heavy atom. The van der Waals surface area contributed by atoms with Crippen molar-refractivity contribution in [2.75, 3.05) is 0 Å². The zero-order valence-corrected chi connectivity index (χ0v) is 12.6. The summed E-state index contributed by atoms with van der Waals surface area (Å²) in [4.78, 5) is 0. The average Bonchev–Trinajstić information content (AvgIpc) is 2.65. The minimum Gasteiger partial charge on any atom is -0.0620 e. The summed E-state index contributed by atoms with van der Waals surface area (Å²) in [5.41, 5.74) is 8.38. The lowest BCUT2D eigenvalue weighted by Crippen LogP contribution is -1.99. The number of fused-ring (bicyclic) bond motifs is 6. The number of hydrogen-bond donors (Lipinski definition) is 0. The molecule has 4 aliphatic carbocycles. The molecule has 0 heteroatoms. The predicted molar refractivity (Wildman–Crippen MR) is 94.1 cm³/mol. The maximum Gasteiger partial charge on any atom is 0.0500 e. The summed E-state index contributed by atoms with van der Waals surface area (Å²) < 4.78 is 0. The zero-order valence-electron chi connectivity index (χ0n) is 12.6. The van der Waals surface area contributed by atoms with Gasteiger partial charge in [0.25, 0.3) is 0 Å². The second-order valence-corrected chi connectivity index (χ2v) is 6.19. The Balaban J connectivity index is 1.88. The highest BCUT2D eigenvalue weighted by molar-refractivity contribution is 5.53. The van der Waals surface area contributed by atoms with Crippen LogP contribution in [-0.2, 0) is 0 Å². The Labute approximate surface area is 132 Å². The Morgan fingerprint density at radius 1 is 0.591 bits per heavy atom. The smallest absolute Gasteiger partial charge is 0.0500 e. The van der Waals surface area contributed by atoms with Gasteiger partial charge >= 0.3 is 0 Å². The summed E-state index contributed by atoms with van der Waals surface area (Å²) in [6, 6.07) is 0. The molecule has 0 radical (unpaired) electrons. The van der Waals surface area contributed by atoms with Gasteiger partial charge in [0.05, 0.1) is 0 Å². The number of allylic oxidation sites excluding steroid dienone is 18. The van der Waals surface area contributed by atoms with Crippen molar-refractivity contribution >= 4 is 0 Å². The fourth-order valence-corrected chi connectivity index (χ4v) is 3.36. The first-order valence-corrected chi connectivity index (χ1v) is 7.92. The summed E-state index contributed by atoms with van der Waals surface area (Å²) in [5.74, 6) is 0. The third kappa shape index (κ3) is 2.92. The quantitative estimate of drug-likeness (QED) is 0.504. The molecule has 0 saturated carbocycles. The van der Waals surface area contributed by atoms with E-state index in [1.54, 1.807) is 0 Å². The van der Waals surface area contributed by atoms with Crippen molar-refractivity contribution in [3.8, 4) is 0 Å². The Bertz CT molecular complexity index is 765. The molecule has 0 unspecified atom stereocenters. The van der Waals surface area contributed by atoms with Gasteiger partial charge in [-0.1, -0.05) is 42.5 Å². The molecule has 0 saturated heterocycles. The lowest BCUT2D eigenvalue weighted by atomic mass is 9.87. The maximum absolute atomic E-state index is 2.37. The predicted octanol–water partition coefficient (Wildman–Crippen LogP) is 5.64. The second kappa shape index (κ2) is 5.73. The minimum atomic E-state index is 1.01. The van der Waals surface area contributed by atoms with Gasteiger partial charge in [0.15, 0.2) is 0 Å². The third-order valence-electron chi connectivity index (χ3n) is 4.28. The number of rotatable bonds is 0. The van der Waals surface area contributed by atoms with Crippen LogP contribution in [-0.4, -0.2) is 0 Å². The van der Waals surface area contributed by atoms with Gasteiger partial charge in [0.1, 0.15) is 0 Å². The molecular weight excluding hydrogens is 264 g/mol. The van der Waals surface area contributed by atoms with Crippen LogP contribution in [0.3, 0.4) is 0 Å². The molecule has 0 atom stereocenters. The van der Waals surface area contributed by atoms with Crippen LogP contribution in [0, 0.1) is 6.42 Å². The van der Waals surface area contributed by atoms with Crippen molar-refractivity contribution in [1.82, 2.24) is 0 Å². The normalized spacial score (nSPS) is 22.5. The molecule has 0 amide bonds. The van der Waals surface area contributed by atoms with Crippen molar-refractivity contribution in [2.24, 2.45) is 0 Å². The SMILES string of the molecule is C1=C[CH+]C=C2C=C3C=C4C=CC=CC(=CC(=CC(=C1)C2)C3)C4. The van der Waals surface area contributed by atoms with E-state index >= 15 is 0 Å². The number of hydrogen-bond acceptors (Lipinski definition) is 0. The molecular formula is C22H19+. The largest absolute Gasteiger partial charge is 0.0620 e. The highest BCUT2D eigenvalue weighted by atomic mass is 14.2. The fourth-order valence-electron chi connectivity index (χ4n) is 3.36. The van der Waals surface area contributed by atoms with Crippen LogP contribution in [0.5, 0.6) is 0 Å². The van der Waals surface area contributed by atoms with Crippen molar-refractivity contribution in [1.29, 1.82) is 0 Å². The Morgan fingerprint density at radius 3 is 1.95 bits per heavy atom. The van der Waals surface area contributed by atoms with Crippen molar-refractivity contribution < 1.29 is 0 Å². The van der Waals surface area contributed by atoms with Crippen LogP contribution in [0.25, 0.3) is 0 Å². The van der Waals surface area contributed by atoms with Crippen LogP contribution in [0.4, 0.5) is 0 Å². The van der Waals surface area contributed by atoms with E-state index < -0.39 is 0 Å². The van der Waals surface area contributed by atoms with E-state index in [9.17, 15) is 0 Å². The first-order valence-electron chi connectivity index (χ1n) is 7.92. The van der Waals surface area contributed by atoms with E-state index in [0.29, 0.717) is 0 Å². The standard InChI is InChI=1S/C22H19/c1-2-6-17-10-18(7-3-1)13-22-15-20-9-5-4-8-19(11-20)14-21(12-17)16-22/h1-9,12-15H,10-11,16H2/q+1. The summed E-state index contributed by atoms with van der Waals surface area (Å²) in [6.45, 7) is 0. The molecule has 0 fully saturated rings. The summed E-state index contributed by atoms with van der Waals surface area (Å²) in [6.07, 6.45) is 32.1. The lowest BCUT2D eigenvalue weighted by Gasteiger charge is -2.16. The molecule has 106 valence electrons. The highest BCUT2D eigenvalue weighted by Gasteiger charge is 2.15. The molecule has 0 nitrogen and oxygen atoms in total. The van der Waals surface area contributed by atoms with Gasteiger partial charge in [-0.25, -0.2) is 0 Å². The molecule has 0 aromatic carbocycles. The highest BCUT2D eigenvalue weighted by Crippen LogP contribution is 2.32. The van der Waals surface area contributed by atoms with E-state index in [-0.39, 0.29) is 0 Å². The van der Waals surface area contributed by atoms with Gasteiger partial charge in [0, 0.05) is 42.7 Å². The minimum absolute atomic E-state index is 1.01. The Hall–Kier alpha value is -2.47. The van der Waals surface area contributed by atoms with E-state index in [4.69, 9.17) is 0 Å². The van der Waals surface area contributed by atoms with Gasteiger partial charge in [0.2, 0.25) is 0 Å². The molecule has 0 aromatic rings. The van der Waals surface area contributed by atoms with Gasteiger partial charge in [-0.05, 0) is 46.8 Å². The molecule has 6 bridgehead atoms.